The molecule has 0 amide bonds. The van der Waals surface area contributed by atoms with Gasteiger partial charge >= 0.3 is 0 Å². The first kappa shape index (κ1) is 15.4. The molecule has 0 heterocycles. The van der Waals surface area contributed by atoms with Crippen LogP contribution in [0.1, 0.15) is 5.56 Å². The van der Waals surface area contributed by atoms with E-state index in [1.807, 2.05) is 18.2 Å². The highest BCUT2D eigenvalue weighted by molar-refractivity contribution is 9.10. The number of methoxy groups -OCH3 is 2. The minimum Gasteiger partial charge on any atom is -0.497 e. The van der Waals surface area contributed by atoms with Gasteiger partial charge in [-0.2, -0.15) is 0 Å². The van der Waals surface area contributed by atoms with Crippen LogP contribution in [-0.2, 0) is 11.3 Å². The number of hydrogen-bond acceptors (Lipinski definition) is 4. The molecule has 0 aliphatic carbocycles. The highest BCUT2D eigenvalue weighted by Crippen LogP contribution is 2.22. The second-order valence-electron chi connectivity index (χ2n) is 3.88. The third-order valence-corrected chi connectivity index (χ3v) is 3.30. The fourth-order valence-electron chi connectivity index (χ4n) is 1.51. The van der Waals surface area contributed by atoms with Crippen LogP contribution in [0.5, 0.6) is 5.75 Å². The number of benzene rings is 1. The predicted octanol–water partition coefficient (Wildman–Crippen LogP) is 1.78. The number of hydrogen-bond donors (Lipinski definition) is 2. The van der Waals surface area contributed by atoms with Crippen molar-refractivity contribution in [3.63, 3.8) is 0 Å². The molecule has 0 atom stereocenters. The van der Waals surface area contributed by atoms with Crippen LogP contribution in [0.2, 0.25) is 0 Å². The van der Waals surface area contributed by atoms with Crippen LogP contribution >= 0.6 is 15.9 Å². The van der Waals surface area contributed by atoms with Crippen molar-refractivity contribution in [2.24, 2.45) is 0 Å². The summed E-state index contributed by atoms with van der Waals surface area (Å²) < 4.78 is 11.3. The molecule has 5 heteroatoms. The van der Waals surface area contributed by atoms with E-state index in [1.54, 1.807) is 14.2 Å². The fraction of sp³-hybridized carbons (Fsp3) is 0.538. The first-order valence-corrected chi connectivity index (χ1v) is 6.80. The summed E-state index contributed by atoms with van der Waals surface area (Å²) in [6.45, 7) is 4.32. The first-order chi connectivity index (χ1) is 8.77. The zero-order chi connectivity index (χ0) is 13.2. The van der Waals surface area contributed by atoms with Crippen LogP contribution in [0, 0.1) is 0 Å². The Bertz CT molecular complexity index is 348. The van der Waals surface area contributed by atoms with Crippen LogP contribution in [0.15, 0.2) is 22.7 Å². The summed E-state index contributed by atoms with van der Waals surface area (Å²) in [5.41, 5.74) is 1.20. The van der Waals surface area contributed by atoms with Gasteiger partial charge in [-0.25, -0.2) is 0 Å². The first-order valence-electron chi connectivity index (χ1n) is 6.00. The number of ether oxygens (including phenoxy) is 2. The van der Waals surface area contributed by atoms with E-state index >= 15 is 0 Å². The minimum atomic E-state index is 0.751. The van der Waals surface area contributed by atoms with Crippen molar-refractivity contribution in [1.29, 1.82) is 0 Å². The van der Waals surface area contributed by atoms with E-state index in [0.717, 1.165) is 43.0 Å². The lowest BCUT2D eigenvalue weighted by Gasteiger charge is -2.09. The van der Waals surface area contributed by atoms with Crippen LogP contribution in [-0.4, -0.2) is 40.5 Å². The molecule has 2 N–H and O–H groups in total. The fourth-order valence-corrected chi connectivity index (χ4v) is 1.90. The molecule has 0 unspecified atom stereocenters. The van der Waals surface area contributed by atoms with E-state index in [9.17, 15) is 0 Å². The van der Waals surface area contributed by atoms with Gasteiger partial charge in [0.15, 0.2) is 0 Å². The molecule has 0 saturated heterocycles. The average Bonchev–Trinajstić information content (AvgIpc) is 2.39. The highest BCUT2D eigenvalue weighted by atomic mass is 79.9. The summed E-state index contributed by atoms with van der Waals surface area (Å²) in [5.74, 6) is 0.883. The zero-order valence-corrected chi connectivity index (χ0v) is 12.5. The summed E-state index contributed by atoms with van der Waals surface area (Å²) in [6, 6.07) is 5.99. The normalized spacial score (nSPS) is 10.6. The lowest BCUT2D eigenvalue weighted by molar-refractivity contribution is 0.199. The Morgan fingerprint density at radius 2 is 1.89 bits per heavy atom. The van der Waals surface area contributed by atoms with Gasteiger partial charge in [-0.15, -0.1) is 0 Å². The largest absolute Gasteiger partial charge is 0.497 e. The van der Waals surface area contributed by atoms with E-state index in [1.165, 1.54) is 5.56 Å². The number of nitrogens with one attached hydrogen (secondary N) is 2. The quantitative estimate of drug-likeness (QED) is 0.682. The molecule has 1 aromatic carbocycles. The van der Waals surface area contributed by atoms with Crippen LogP contribution < -0.4 is 15.4 Å². The summed E-state index contributed by atoms with van der Waals surface area (Å²) in [5, 5.41) is 6.67. The Hall–Kier alpha value is -0.620. The van der Waals surface area contributed by atoms with Gasteiger partial charge in [0.2, 0.25) is 0 Å². The summed E-state index contributed by atoms with van der Waals surface area (Å²) in [4.78, 5) is 0. The molecule has 102 valence electrons. The third kappa shape index (κ3) is 5.82. The molecule has 0 saturated carbocycles. The van der Waals surface area contributed by atoms with E-state index in [0.29, 0.717) is 0 Å². The Morgan fingerprint density at radius 3 is 2.61 bits per heavy atom. The van der Waals surface area contributed by atoms with Gasteiger partial charge < -0.3 is 20.1 Å². The Balaban J connectivity index is 2.22. The summed E-state index contributed by atoms with van der Waals surface area (Å²) in [6.07, 6.45) is 0. The maximum atomic E-state index is 5.21. The summed E-state index contributed by atoms with van der Waals surface area (Å²) in [7, 11) is 3.39. The van der Waals surface area contributed by atoms with Gasteiger partial charge in [0, 0.05) is 37.8 Å². The molecular formula is C13H21BrN2O2. The highest BCUT2D eigenvalue weighted by Gasteiger charge is 2.01. The second-order valence-corrected chi connectivity index (χ2v) is 4.73. The van der Waals surface area contributed by atoms with Crippen molar-refractivity contribution in [2.45, 2.75) is 6.54 Å². The molecule has 0 aliphatic rings. The average molecular weight is 317 g/mol. The molecule has 0 fully saturated rings. The van der Waals surface area contributed by atoms with Crippen molar-refractivity contribution >= 4 is 15.9 Å². The van der Waals surface area contributed by atoms with E-state index < -0.39 is 0 Å². The van der Waals surface area contributed by atoms with E-state index in [2.05, 4.69) is 26.6 Å². The third-order valence-electron chi connectivity index (χ3n) is 2.53. The maximum Gasteiger partial charge on any atom is 0.119 e. The molecule has 4 nitrogen and oxygen atoms in total. The summed E-state index contributed by atoms with van der Waals surface area (Å²) >= 11 is 3.54. The van der Waals surface area contributed by atoms with Gasteiger partial charge in [-0.1, -0.05) is 15.9 Å². The Labute approximate surface area is 117 Å². The smallest absolute Gasteiger partial charge is 0.119 e. The van der Waals surface area contributed by atoms with Gasteiger partial charge in [-0.3, -0.25) is 0 Å². The maximum absolute atomic E-state index is 5.21. The standard InChI is InChI=1S/C13H21BrN2O2/c1-17-8-7-15-5-6-16-10-11-9-12(18-2)3-4-13(11)14/h3-4,9,15-16H,5-8,10H2,1-2H3. The molecule has 0 bridgehead atoms. The monoisotopic (exact) mass is 316 g/mol. The van der Waals surface area contributed by atoms with Crippen molar-refractivity contribution in [2.75, 3.05) is 40.5 Å². The van der Waals surface area contributed by atoms with E-state index in [-0.39, 0.29) is 0 Å². The topological polar surface area (TPSA) is 42.5 Å². The predicted molar refractivity (Wildman–Crippen MR) is 77.1 cm³/mol. The van der Waals surface area contributed by atoms with Crippen molar-refractivity contribution < 1.29 is 9.47 Å². The lowest BCUT2D eigenvalue weighted by Crippen LogP contribution is -2.29. The number of rotatable bonds is 9. The van der Waals surface area contributed by atoms with Crippen LogP contribution in [0.3, 0.4) is 0 Å². The van der Waals surface area contributed by atoms with Gasteiger partial charge in [0.25, 0.3) is 0 Å². The van der Waals surface area contributed by atoms with Crippen molar-refractivity contribution in [1.82, 2.24) is 10.6 Å². The van der Waals surface area contributed by atoms with Crippen LogP contribution in [0.4, 0.5) is 0 Å². The van der Waals surface area contributed by atoms with Crippen molar-refractivity contribution in [3.05, 3.63) is 28.2 Å². The molecule has 0 spiro atoms. The SMILES string of the molecule is COCCNCCNCc1cc(OC)ccc1Br. The Morgan fingerprint density at radius 1 is 1.11 bits per heavy atom. The molecule has 0 aromatic heterocycles. The van der Waals surface area contributed by atoms with Gasteiger partial charge in [0.05, 0.1) is 13.7 Å². The molecule has 18 heavy (non-hydrogen) atoms. The lowest BCUT2D eigenvalue weighted by atomic mass is 10.2. The molecule has 0 aliphatic heterocycles. The molecule has 1 rings (SSSR count). The number of halogens is 1. The Kier molecular flexibility index (Phi) is 8.00. The molecule has 0 radical (unpaired) electrons. The second kappa shape index (κ2) is 9.33. The molecule has 1 aromatic rings. The zero-order valence-electron chi connectivity index (χ0n) is 11.0. The minimum absolute atomic E-state index is 0.751. The van der Waals surface area contributed by atoms with Crippen molar-refractivity contribution in [3.8, 4) is 5.75 Å². The van der Waals surface area contributed by atoms with Gasteiger partial charge in [-0.05, 0) is 23.8 Å². The molecular weight excluding hydrogens is 296 g/mol. The van der Waals surface area contributed by atoms with E-state index in [4.69, 9.17) is 9.47 Å². The van der Waals surface area contributed by atoms with Gasteiger partial charge in [0.1, 0.15) is 5.75 Å². The van der Waals surface area contributed by atoms with Crippen LogP contribution in [0.25, 0.3) is 0 Å².